The Morgan fingerprint density at radius 2 is 1.60 bits per heavy atom. The van der Waals surface area contributed by atoms with Crippen molar-refractivity contribution in [3.63, 3.8) is 0 Å². The number of benzene rings is 2. The Balaban J connectivity index is 1.78. The van der Waals surface area contributed by atoms with E-state index in [0.29, 0.717) is 5.75 Å². The molecule has 0 aliphatic carbocycles. The number of rotatable bonds is 3. The van der Waals surface area contributed by atoms with Gasteiger partial charge in [0.1, 0.15) is 0 Å². The number of hydrogen-bond acceptors (Lipinski definition) is 5. The summed E-state index contributed by atoms with van der Waals surface area (Å²) in [6, 6.07) is 8.23. The Morgan fingerprint density at radius 1 is 0.920 bits per heavy atom. The van der Waals surface area contributed by atoms with Gasteiger partial charge in [0, 0.05) is 24.7 Å². The molecule has 0 amide bonds. The summed E-state index contributed by atoms with van der Waals surface area (Å²) in [5.41, 5.74) is 4.73. The van der Waals surface area contributed by atoms with Crippen LogP contribution in [-0.2, 0) is 19.4 Å². The molecule has 5 heteroatoms. The van der Waals surface area contributed by atoms with E-state index in [1.807, 2.05) is 6.07 Å². The third-order valence-electron chi connectivity index (χ3n) is 5.43. The van der Waals surface area contributed by atoms with E-state index in [1.165, 1.54) is 16.7 Å². The van der Waals surface area contributed by atoms with Gasteiger partial charge in [0.15, 0.2) is 23.0 Å². The van der Waals surface area contributed by atoms with Crippen molar-refractivity contribution in [3.05, 3.63) is 46.5 Å². The minimum absolute atomic E-state index is 0.157. The zero-order valence-corrected chi connectivity index (χ0v) is 14.8. The average molecular weight is 341 g/mol. The zero-order valence-electron chi connectivity index (χ0n) is 14.8. The fourth-order valence-corrected chi connectivity index (χ4v) is 4.13. The predicted molar refractivity (Wildman–Crippen MR) is 94.8 cm³/mol. The van der Waals surface area contributed by atoms with Crippen molar-refractivity contribution in [1.82, 2.24) is 4.90 Å². The fraction of sp³-hybridized carbons (Fsp3) is 0.400. The molecule has 2 aliphatic heterocycles. The molecule has 2 aromatic rings. The van der Waals surface area contributed by atoms with Gasteiger partial charge in [-0.25, -0.2) is 0 Å². The van der Waals surface area contributed by atoms with Crippen LogP contribution in [0.3, 0.4) is 0 Å². The van der Waals surface area contributed by atoms with Crippen molar-refractivity contribution < 1.29 is 19.3 Å². The molecule has 0 saturated carbocycles. The van der Waals surface area contributed by atoms with Gasteiger partial charge in [-0.15, -0.1) is 0 Å². The fourth-order valence-electron chi connectivity index (χ4n) is 4.13. The molecule has 25 heavy (non-hydrogen) atoms. The van der Waals surface area contributed by atoms with Crippen LogP contribution in [0.25, 0.3) is 0 Å². The summed E-state index contributed by atoms with van der Waals surface area (Å²) in [6.07, 6.45) is 1.77. The number of phenols is 1. The topological polar surface area (TPSA) is 51.2 Å². The minimum atomic E-state index is 0.157. The lowest BCUT2D eigenvalue weighted by atomic mass is 9.83. The number of nitrogens with zero attached hydrogens (tertiary/aromatic N) is 1. The highest BCUT2D eigenvalue weighted by molar-refractivity contribution is 5.55. The van der Waals surface area contributed by atoms with Crippen LogP contribution < -0.4 is 14.2 Å². The van der Waals surface area contributed by atoms with Crippen molar-refractivity contribution in [2.45, 2.75) is 25.4 Å². The Bertz CT molecular complexity index is 818. The first-order valence-corrected chi connectivity index (χ1v) is 8.52. The largest absolute Gasteiger partial charge is 0.504 e. The van der Waals surface area contributed by atoms with Gasteiger partial charge in [-0.3, -0.25) is 4.90 Å². The zero-order chi connectivity index (χ0) is 17.6. The van der Waals surface area contributed by atoms with E-state index in [1.54, 1.807) is 21.3 Å². The molecular formula is C20H23NO4. The number of hydrogen-bond donors (Lipinski definition) is 1. The minimum Gasteiger partial charge on any atom is -0.504 e. The molecule has 4 rings (SSSR count). The highest BCUT2D eigenvalue weighted by Crippen LogP contribution is 2.46. The maximum atomic E-state index is 10.7. The van der Waals surface area contributed by atoms with E-state index in [2.05, 4.69) is 23.1 Å². The summed E-state index contributed by atoms with van der Waals surface area (Å²) in [6.45, 7) is 1.83. The maximum Gasteiger partial charge on any atom is 0.162 e. The van der Waals surface area contributed by atoms with Crippen LogP contribution in [0.15, 0.2) is 24.3 Å². The monoisotopic (exact) mass is 341 g/mol. The molecule has 0 aromatic heterocycles. The Morgan fingerprint density at radius 3 is 2.28 bits per heavy atom. The third kappa shape index (κ3) is 2.50. The first kappa shape index (κ1) is 16.1. The molecule has 0 spiro atoms. The van der Waals surface area contributed by atoms with Crippen LogP contribution in [0.4, 0.5) is 0 Å². The van der Waals surface area contributed by atoms with E-state index < -0.39 is 0 Å². The van der Waals surface area contributed by atoms with E-state index in [9.17, 15) is 5.11 Å². The van der Waals surface area contributed by atoms with Crippen molar-refractivity contribution >= 4 is 0 Å². The molecule has 0 fully saturated rings. The van der Waals surface area contributed by atoms with Crippen molar-refractivity contribution in [3.8, 4) is 23.0 Å². The van der Waals surface area contributed by atoms with E-state index >= 15 is 0 Å². The Hall–Kier alpha value is -2.40. The van der Waals surface area contributed by atoms with Crippen molar-refractivity contribution in [1.29, 1.82) is 0 Å². The maximum absolute atomic E-state index is 10.7. The van der Waals surface area contributed by atoms with Crippen molar-refractivity contribution in [2.75, 3.05) is 27.9 Å². The number of methoxy groups -OCH3 is 3. The second-order valence-corrected chi connectivity index (χ2v) is 6.61. The number of aromatic hydroxyl groups is 1. The molecule has 2 aromatic carbocycles. The highest BCUT2D eigenvalue weighted by Gasteiger charge is 2.35. The van der Waals surface area contributed by atoms with Crippen LogP contribution in [0.5, 0.6) is 23.0 Å². The number of fused-ring (bicyclic) bond motifs is 4. The molecular weight excluding hydrogens is 318 g/mol. The number of phenolic OH excluding ortho intramolecular Hbond substituents is 1. The lowest BCUT2D eigenvalue weighted by Crippen LogP contribution is -2.39. The van der Waals surface area contributed by atoms with E-state index in [4.69, 9.17) is 14.2 Å². The van der Waals surface area contributed by atoms with Gasteiger partial charge < -0.3 is 19.3 Å². The molecule has 0 unspecified atom stereocenters. The molecule has 0 bridgehead atoms. The molecule has 1 atom stereocenters. The van der Waals surface area contributed by atoms with Gasteiger partial charge in [0.2, 0.25) is 0 Å². The summed E-state index contributed by atoms with van der Waals surface area (Å²) >= 11 is 0. The summed E-state index contributed by atoms with van der Waals surface area (Å²) < 4.78 is 16.2. The molecule has 0 radical (unpaired) electrons. The van der Waals surface area contributed by atoms with E-state index in [-0.39, 0.29) is 11.8 Å². The first-order valence-electron chi connectivity index (χ1n) is 8.52. The lowest BCUT2D eigenvalue weighted by Gasteiger charge is -2.42. The van der Waals surface area contributed by atoms with Crippen LogP contribution in [0.1, 0.15) is 28.3 Å². The second-order valence-electron chi connectivity index (χ2n) is 6.61. The van der Waals surface area contributed by atoms with Crippen molar-refractivity contribution in [2.24, 2.45) is 0 Å². The van der Waals surface area contributed by atoms with Crippen LogP contribution in [0, 0.1) is 0 Å². The summed E-state index contributed by atoms with van der Waals surface area (Å²) in [7, 11) is 4.92. The predicted octanol–water partition coefficient (Wildman–Crippen LogP) is 3.07. The van der Waals surface area contributed by atoms with Gasteiger partial charge in [-0.05, 0) is 47.7 Å². The quantitative estimate of drug-likeness (QED) is 0.930. The second kappa shape index (κ2) is 6.15. The normalized spacial score (nSPS) is 18.8. The number of ether oxygens (including phenoxy) is 3. The molecule has 0 saturated heterocycles. The Kier molecular flexibility index (Phi) is 3.96. The van der Waals surface area contributed by atoms with E-state index in [0.717, 1.165) is 43.0 Å². The lowest BCUT2D eigenvalue weighted by molar-refractivity contribution is 0.156. The highest BCUT2D eigenvalue weighted by atomic mass is 16.5. The summed E-state index contributed by atoms with van der Waals surface area (Å²) in [5.74, 6) is 2.33. The van der Waals surface area contributed by atoms with Gasteiger partial charge in [-0.2, -0.15) is 0 Å². The van der Waals surface area contributed by atoms with Crippen LogP contribution in [0.2, 0.25) is 0 Å². The Labute approximate surface area is 147 Å². The van der Waals surface area contributed by atoms with Gasteiger partial charge in [-0.1, -0.05) is 6.07 Å². The molecule has 2 aliphatic rings. The van der Waals surface area contributed by atoms with Gasteiger partial charge >= 0.3 is 0 Å². The molecule has 2 heterocycles. The molecule has 5 nitrogen and oxygen atoms in total. The van der Waals surface area contributed by atoms with Crippen LogP contribution >= 0.6 is 0 Å². The summed E-state index contributed by atoms with van der Waals surface area (Å²) in [4.78, 5) is 2.43. The first-order chi connectivity index (χ1) is 12.2. The van der Waals surface area contributed by atoms with Gasteiger partial charge in [0.25, 0.3) is 0 Å². The van der Waals surface area contributed by atoms with Crippen LogP contribution in [-0.4, -0.2) is 37.9 Å². The molecule has 132 valence electrons. The molecule has 1 N–H and O–H groups in total. The average Bonchev–Trinajstić information content (AvgIpc) is 2.65. The standard InChI is InChI=1S/C20H23NO4/c1-23-16-5-4-12-6-7-21-11-14-10-18(25-3)17(24-2)9-13(14)8-15(21)19(12)20(16)22/h4-5,9-10,15,22H,6-8,11H2,1-3H3/t15-/m0/s1. The SMILES string of the molecule is COc1cc2c(cc1OC)CN1CCc3ccc(OC)c(O)c3[C@@H]1C2. The third-order valence-corrected chi connectivity index (χ3v) is 5.43. The summed E-state index contributed by atoms with van der Waals surface area (Å²) in [5, 5.41) is 10.7. The van der Waals surface area contributed by atoms with Gasteiger partial charge in [0.05, 0.1) is 21.3 Å². The smallest absolute Gasteiger partial charge is 0.162 e.